The van der Waals surface area contributed by atoms with E-state index in [0.717, 1.165) is 0 Å². The molecule has 0 spiro atoms. The highest BCUT2D eigenvalue weighted by Crippen LogP contribution is 2.29. The standard InChI is InChI=1S/C22H29N3O7/c1-12(5-6-18(26)24-32)7-13(2)21(29)15-8-14(9-16(10-15)25(3)4)17(11-19(27)28)20(23)22(30)31/h5,7-10,17,20,32H,6,11,23H2,1-4H3,(H,24,26)(H,27,28)(H,30,31)/b12-5+,13-7+. The number of amides is 1. The molecule has 0 bridgehead atoms. The number of hydroxylamine groups is 1. The molecular weight excluding hydrogens is 418 g/mol. The van der Waals surface area contributed by atoms with Crippen molar-refractivity contribution in [3.05, 3.63) is 52.6 Å². The summed E-state index contributed by atoms with van der Waals surface area (Å²) in [4.78, 5) is 48.7. The second-order valence-corrected chi connectivity index (χ2v) is 7.62. The number of ketones is 1. The lowest BCUT2D eigenvalue weighted by Crippen LogP contribution is -2.37. The minimum atomic E-state index is -1.47. The van der Waals surface area contributed by atoms with Crippen LogP contribution in [0.3, 0.4) is 0 Å². The predicted octanol–water partition coefficient (Wildman–Crippen LogP) is 1.69. The van der Waals surface area contributed by atoms with Crippen LogP contribution in [-0.2, 0) is 14.4 Å². The SMILES string of the molecule is CC(=C\CC(=O)NO)/C=C(\C)C(=O)c1cc(C(CC(=O)O)C(N)C(=O)O)cc(N(C)C)c1. The zero-order valence-corrected chi connectivity index (χ0v) is 18.5. The van der Waals surface area contributed by atoms with E-state index in [-0.39, 0.29) is 17.8 Å². The molecule has 0 aliphatic rings. The number of allylic oxidation sites excluding steroid dienone is 3. The van der Waals surface area contributed by atoms with E-state index in [4.69, 9.17) is 10.9 Å². The highest BCUT2D eigenvalue weighted by molar-refractivity contribution is 6.09. The largest absolute Gasteiger partial charge is 0.481 e. The van der Waals surface area contributed by atoms with Crippen molar-refractivity contribution < 1.29 is 34.6 Å². The lowest BCUT2D eigenvalue weighted by molar-refractivity contribution is -0.140. The van der Waals surface area contributed by atoms with E-state index >= 15 is 0 Å². The Balaban J connectivity index is 3.44. The van der Waals surface area contributed by atoms with Crippen molar-refractivity contribution in [3.8, 4) is 0 Å². The fourth-order valence-electron chi connectivity index (χ4n) is 3.04. The molecule has 0 aliphatic carbocycles. The van der Waals surface area contributed by atoms with Crippen LogP contribution >= 0.6 is 0 Å². The van der Waals surface area contributed by atoms with Gasteiger partial charge in [-0.2, -0.15) is 0 Å². The van der Waals surface area contributed by atoms with Crippen LogP contribution in [0, 0.1) is 0 Å². The number of carboxylic acids is 2. The number of benzene rings is 1. The molecule has 2 unspecified atom stereocenters. The van der Waals surface area contributed by atoms with E-state index < -0.39 is 36.2 Å². The lowest BCUT2D eigenvalue weighted by atomic mass is 9.86. The smallest absolute Gasteiger partial charge is 0.321 e. The Morgan fingerprint density at radius 3 is 2.25 bits per heavy atom. The number of aliphatic carboxylic acids is 2. The van der Waals surface area contributed by atoms with Crippen molar-refractivity contribution in [1.29, 1.82) is 0 Å². The van der Waals surface area contributed by atoms with Crippen molar-refractivity contribution in [2.45, 2.75) is 38.6 Å². The Kier molecular flexibility index (Phi) is 9.76. The summed E-state index contributed by atoms with van der Waals surface area (Å²) < 4.78 is 0. The maximum atomic E-state index is 13.1. The first kappa shape index (κ1) is 26.5. The van der Waals surface area contributed by atoms with Gasteiger partial charge in [-0.15, -0.1) is 0 Å². The van der Waals surface area contributed by atoms with Crippen LogP contribution in [0.1, 0.15) is 48.5 Å². The first-order valence-corrected chi connectivity index (χ1v) is 9.72. The average molecular weight is 447 g/mol. The number of hydrogen-bond donors (Lipinski definition) is 5. The topological polar surface area (TPSA) is 170 Å². The number of rotatable bonds is 11. The zero-order valence-electron chi connectivity index (χ0n) is 18.5. The highest BCUT2D eigenvalue weighted by atomic mass is 16.5. The number of carbonyl (C=O) groups excluding carboxylic acids is 2. The number of carbonyl (C=O) groups is 4. The number of nitrogens with two attached hydrogens (primary N) is 1. The molecule has 32 heavy (non-hydrogen) atoms. The molecule has 1 amide bonds. The Bertz CT molecular complexity index is 951. The van der Waals surface area contributed by atoms with Crippen molar-refractivity contribution in [1.82, 2.24) is 5.48 Å². The van der Waals surface area contributed by atoms with E-state index in [2.05, 4.69) is 0 Å². The first-order chi connectivity index (χ1) is 14.9. The fraction of sp³-hybridized carbons (Fsp3) is 0.364. The maximum Gasteiger partial charge on any atom is 0.321 e. The molecule has 0 heterocycles. The zero-order chi connectivity index (χ0) is 24.6. The molecule has 6 N–H and O–H groups in total. The molecule has 10 nitrogen and oxygen atoms in total. The van der Waals surface area contributed by atoms with Gasteiger partial charge in [0.1, 0.15) is 6.04 Å². The number of anilines is 1. The third-order valence-corrected chi connectivity index (χ3v) is 4.80. The molecular formula is C22H29N3O7. The molecule has 0 saturated heterocycles. The summed E-state index contributed by atoms with van der Waals surface area (Å²) in [5.41, 5.74) is 9.41. The summed E-state index contributed by atoms with van der Waals surface area (Å²) in [6.07, 6.45) is 2.54. The van der Waals surface area contributed by atoms with Gasteiger partial charge < -0.3 is 20.8 Å². The maximum absolute atomic E-state index is 13.1. The van der Waals surface area contributed by atoms with Crippen LogP contribution in [0.2, 0.25) is 0 Å². The minimum Gasteiger partial charge on any atom is -0.481 e. The summed E-state index contributed by atoms with van der Waals surface area (Å²) in [6, 6.07) is 3.23. The van der Waals surface area contributed by atoms with Crippen LogP contribution in [0.4, 0.5) is 5.69 Å². The van der Waals surface area contributed by atoms with Crippen LogP contribution in [-0.4, -0.2) is 59.2 Å². The highest BCUT2D eigenvalue weighted by Gasteiger charge is 2.29. The Hall–Kier alpha value is -3.50. The second-order valence-electron chi connectivity index (χ2n) is 7.62. The van der Waals surface area contributed by atoms with E-state index in [1.165, 1.54) is 11.5 Å². The Labute approximate surface area is 186 Å². The van der Waals surface area contributed by atoms with Gasteiger partial charge in [0.2, 0.25) is 5.91 Å². The van der Waals surface area contributed by atoms with Crippen LogP contribution in [0.25, 0.3) is 0 Å². The van der Waals surface area contributed by atoms with Crippen molar-refractivity contribution >= 4 is 29.3 Å². The Morgan fingerprint density at radius 2 is 1.75 bits per heavy atom. The van der Waals surface area contributed by atoms with Crippen molar-refractivity contribution in [2.24, 2.45) is 5.73 Å². The lowest BCUT2D eigenvalue weighted by Gasteiger charge is -2.23. The molecule has 0 saturated carbocycles. The normalized spacial score (nSPS) is 13.8. The molecule has 174 valence electrons. The third kappa shape index (κ3) is 7.64. The van der Waals surface area contributed by atoms with Gasteiger partial charge in [-0.3, -0.25) is 24.4 Å². The number of carboxylic acid groups (broad SMARTS) is 2. The number of nitrogens with one attached hydrogen (secondary N) is 1. The van der Waals surface area contributed by atoms with Gasteiger partial charge in [-0.25, -0.2) is 5.48 Å². The van der Waals surface area contributed by atoms with E-state index in [1.54, 1.807) is 57.1 Å². The predicted molar refractivity (Wildman–Crippen MR) is 118 cm³/mol. The quantitative estimate of drug-likeness (QED) is 0.111. The molecule has 1 aromatic rings. The summed E-state index contributed by atoms with van der Waals surface area (Å²) in [6.45, 7) is 3.28. The van der Waals surface area contributed by atoms with Gasteiger partial charge in [-0.05, 0) is 43.2 Å². The number of hydrogen-bond acceptors (Lipinski definition) is 7. The molecule has 2 atom stereocenters. The van der Waals surface area contributed by atoms with E-state index in [1.807, 2.05) is 0 Å². The van der Waals surface area contributed by atoms with Gasteiger partial charge in [-0.1, -0.05) is 17.7 Å². The van der Waals surface area contributed by atoms with Gasteiger partial charge >= 0.3 is 11.9 Å². The minimum absolute atomic E-state index is 0.0650. The second kappa shape index (κ2) is 11.8. The molecule has 1 aromatic carbocycles. The van der Waals surface area contributed by atoms with Crippen LogP contribution in [0.5, 0.6) is 0 Å². The summed E-state index contributed by atoms with van der Waals surface area (Å²) in [5, 5.41) is 27.1. The van der Waals surface area contributed by atoms with Crippen LogP contribution in [0.15, 0.2) is 41.5 Å². The Morgan fingerprint density at radius 1 is 1.12 bits per heavy atom. The van der Waals surface area contributed by atoms with Gasteiger partial charge in [0.25, 0.3) is 0 Å². The van der Waals surface area contributed by atoms with Gasteiger partial charge in [0.05, 0.1) is 6.42 Å². The van der Waals surface area contributed by atoms with Gasteiger partial charge in [0, 0.05) is 37.7 Å². The summed E-state index contributed by atoms with van der Waals surface area (Å²) >= 11 is 0. The molecule has 1 rings (SSSR count). The monoisotopic (exact) mass is 447 g/mol. The molecule has 0 aromatic heterocycles. The van der Waals surface area contributed by atoms with E-state index in [9.17, 15) is 29.4 Å². The van der Waals surface area contributed by atoms with E-state index in [0.29, 0.717) is 22.4 Å². The summed E-state index contributed by atoms with van der Waals surface area (Å²) in [5.74, 6) is -4.54. The van der Waals surface area contributed by atoms with Crippen molar-refractivity contribution in [3.63, 3.8) is 0 Å². The fourth-order valence-corrected chi connectivity index (χ4v) is 3.04. The van der Waals surface area contributed by atoms with Crippen molar-refractivity contribution in [2.75, 3.05) is 19.0 Å². The number of Topliss-reactive ketones (excluding diaryl/α,β-unsaturated/α-hetero) is 1. The summed E-state index contributed by atoms with van der Waals surface area (Å²) in [7, 11) is 3.47. The first-order valence-electron chi connectivity index (χ1n) is 9.72. The third-order valence-electron chi connectivity index (χ3n) is 4.80. The molecule has 0 radical (unpaired) electrons. The molecule has 0 fully saturated rings. The number of nitrogens with zero attached hydrogens (tertiary/aromatic N) is 1. The average Bonchev–Trinajstić information content (AvgIpc) is 2.73. The molecule has 10 heteroatoms. The van der Waals surface area contributed by atoms with Gasteiger partial charge in [0.15, 0.2) is 5.78 Å². The molecule has 0 aliphatic heterocycles. The van der Waals surface area contributed by atoms with Crippen LogP contribution < -0.4 is 16.1 Å².